The molecule has 174 valence electrons. The van der Waals surface area contributed by atoms with Gasteiger partial charge in [0.05, 0.1) is 5.69 Å². The van der Waals surface area contributed by atoms with Crippen LogP contribution in [-0.4, -0.2) is 30.9 Å². The van der Waals surface area contributed by atoms with Crippen LogP contribution in [0.15, 0.2) is 82.5 Å². The van der Waals surface area contributed by atoms with Crippen molar-refractivity contribution in [2.45, 2.75) is 17.3 Å². The topological polar surface area (TPSA) is 88.4 Å². The van der Waals surface area contributed by atoms with Crippen molar-refractivity contribution in [2.75, 3.05) is 5.32 Å². The molecule has 2 radical (unpaired) electrons. The summed E-state index contributed by atoms with van der Waals surface area (Å²) in [7, 11) is 2.59. The molecule has 0 aliphatic carbocycles. The van der Waals surface area contributed by atoms with Gasteiger partial charge in [-0.25, -0.2) is 18.1 Å². The predicted octanol–water partition coefficient (Wildman–Crippen LogP) is 4.00. The van der Waals surface area contributed by atoms with E-state index in [0.717, 1.165) is 22.5 Å². The number of halogens is 1. The number of sulfonamides is 1. The van der Waals surface area contributed by atoms with Gasteiger partial charge in [0, 0.05) is 35.9 Å². The average Bonchev–Trinajstić information content (AvgIpc) is 3.54. The Labute approximate surface area is 213 Å². The van der Waals surface area contributed by atoms with Gasteiger partial charge in [0.2, 0.25) is 10.0 Å². The molecule has 0 fully saturated rings. The third-order valence-electron chi connectivity index (χ3n) is 5.37. The first-order valence-electron chi connectivity index (χ1n) is 10.6. The number of fused-ring (bicyclic) bond motifs is 1. The molecule has 0 bridgehead atoms. The van der Waals surface area contributed by atoms with Crippen molar-refractivity contribution in [3.8, 4) is 11.3 Å². The Kier molecular flexibility index (Phi) is 6.61. The fourth-order valence-electron chi connectivity index (χ4n) is 3.55. The molecule has 0 spiro atoms. The Balaban J connectivity index is 1.32. The fraction of sp³-hybridized carbons (Fsp3) is 0.0833. The molecule has 11 heteroatoms. The van der Waals surface area contributed by atoms with Crippen molar-refractivity contribution < 1.29 is 8.42 Å². The maximum Gasteiger partial charge on any atom is 0.250 e. The summed E-state index contributed by atoms with van der Waals surface area (Å²) >= 11 is 7.58. The Morgan fingerprint density at radius 3 is 2.46 bits per heavy atom. The smallest absolute Gasteiger partial charge is 0.250 e. The first kappa shape index (κ1) is 23.6. The van der Waals surface area contributed by atoms with Crippen LogP contribution in [0.2, 0.25) is 5.02 Å². The molecule has 35 heavy (non-hydrogen) atoms. The molecular weight excluding hydrogens is 501 g/mol. The summed E-state index contributed by atoms with van der Waals surface area (Å²) in [5.74, 6) is 0.717. The number of rotatable bonds is 8. The predicted molar refractivity (Wildman–Crippen MR) is 141 cm³/mol. The Bertz CT molecular complexity index is 1590. The molecule has 3 aromatic heterocycles. The number of anilines is 1. The zero-order chi connectivity index (χ0) is 24.4. The number of aromatic nitrogens is 3. The minimum atomic E-state index is -3.50. The molecule has 0 saturated heterocycles. The molecule has 2 N–H and O–H groups in total. The largest absolute Gasteiger partial charge is 0.366 e. The lowest BCUT2D eigenvalue weighted by molar-refractivity contribution is 0.583. The number of nitrogens with one attached hydrogen (secondary N) is 2. The van der Waals surface area contributed by atoms with Gasteiger partial charge in [0.25, 0.3) is 0 Å². The van der Waals surface area contributed by atoms with E-state index in [2.05, 4.69) is 20.1 Å². The maximum absolute atomic E-state index is 12.3. The van der Waals surface area contributed by atoms with E-state index in [4.69, 9.17) is 19.4 Å². The number of thiophene rings is 1. The molecule has 0 aliphatic heterocycles. The van der Waals surface area contributed by atoms with Gasteiger partial charge >= 0.3 is 0 Å². The van der Waals surface area contributed by atoms with E-state index >= 15 is 0 Å². The monoisotopic (exact) mass is 519 g/mol. The molecule has 5 rings (SSSR count). The van der Waals surface area contributed by atoms with E-state index in [-0.39, 0.29) is 6.54 Å². The van der Waals surface area contributed by atoms with E-state index in [9.17, 15) is 8.42 Å². The number of nitrogens with zero attached hydrogens (tertiary/aromatic N) is 3. The van der Waals surface area contributed by atoms with Crippen LogP contribution >= 0.6 is 22.9 Å². The molecule has 0 unspecified atom stereocenters. The molecule has 2 aromatic carbocycles. The zero-order valence-corrected chi connectivity index (χ0v) is 20.7. The molecule has 0 saturated carbocycles. The summed E-state index contributed by atoms with van der Waals surface area (Å²) in [5, 5.41) is 10.1. The van der Waals surface area contributed by atoms with Gasteiger partial charge in [-0.15, -0.1) is 11.3 Å². The summed E-state index contributed by atoms with van der Waals surface area (Å²) in [6.45, 7) is 0.731. The lowest BCUT2D eigenvalue weighted by Crippen LogP contribution is -2.22. The highest BCUT2D eigenvalue weighted by Crippen LogP contribution is 2.28. The molecule has 3 heterocycles. The Morgan fingerprint density at radius 2 is 1.74 bits per heavy atom. The Morgan fingerprint density at radius 1 is 1.00 bits per heavy atom. The van der Waals surface area contributed by atoms with Crippen molar-refractivity contribution in [1.82, 2.24) is 19.3 Å². The zero-order valence-electron chi connectivity index (χ0n) is 18.3. The SMILES string of the molecule is [B]c1cnn2c(NCc3ccc(CNS(=O)(=O)c4cccs4)cc3)cc(-c3ccccc3Cl)nc12. The molecule has 5 aromatic rings. The van der Waals surface area contributed by atoms with Gasteiger partial charge in [-0.1, -0.05) is 60.1 Å². The molecule has 0 amide bonds. The third-order valence-corrected chi connectivity index (χ3v) is 8.50. The molecule has 0 atom stereocenters. The van der Waals surface area contributed by atoms with Crippen molar-refractivity contribution in [3.63, 3.8) is 0 Å². The van der Waals surface area contributed by atoms with Gasteiger partial charge in [-0.3, -0.25) is 0 Å². The number of hydrogen-bond acceptors (Lipinski definition) is 6. The van der Waals surface area contributed by atoms with Crippen LogP contribution < -0.4 is 15.5 Å². The van der Waals surface area contributed by atoms with Crippen LogP contribution in [0, 0.1) is 0 Å². The summed E-state index contributed by atoms with van der Waals surface area (Å²) in [5.41, 5.74) is 4.37. The van der Waals surface area contributed by atoms with E-state index in [1.54, 1.807) is 28.2 Å². The van der Waals surface area contributed by atoms with Crippen LogP contribution in [0.4, 0.5) is 5.82 Å². The minimum Gasteiger partial charge on any atom is -0.366 e. The molecule has 7 nitrogen and oxygen atoms in total. The van der Waals surface area contributed by atoms with Gasteiger partial charge in [0.15, 0.2) is 5.65 Å². The Hall–Kier alpha value is -3.18. The average molecular weight is 520 g/mol. The van der Waals surface area contributed by atoms with Crippen LogP contribution in [0.5, 0.6) is 0 Å². The lowest BCUT2D eigenvalue weighted by atomic mass is 10.0. The highest BCUT2D eigenvalue weighted by atomic mass is 35.5. The first-order chi connectivity index (χ1) is 16.9. The van der Waals surface area contributed by atoms with Crippen molar-refractivity contribution >= 4 is 57.7 Å². The summed E-state index contributed by atoms with van der Waals surface area (Å²) in [6, 6.07) is 20.4. The van der Waals surface area contributed by atoms with Gasteiger partial charge in [-0.05, 0) is 34.1 Å². The standard InChI is InChI=1S/C24H19BClN5O2S2/c25-19-15-28-31-22(12-21(30-24(19)31)18-4-1-2-5-20(18)26)27-13-16-7-9-17(10-8-16)14-29-35(32,33)23-6-3-11-34-23/h1-12,15,27,29H,13-14H2. The van der Waals surface area contributed by atoms with Crippen LogP contribution in [0.25, 0.3) is 16.9 Å². The second kappa shape index (κ2) is 9.83. The highest BCUT2D eigenvalue weighted by molar-refractivity contribution is 7.91. The number of hydrogen-bond donors (Lipinski definition) is 2. The van der Waals surface area contributed by atoms with Crippen LogP contribution in [-0.2, 0) is 23.1 Å². The van der Waals surface area contributed by atoms with Crippen LogP contribution in [0.3, 0.4) is 0 Å². The summed E-state index contributed by atoms with van der Waals surface area (Å²) in [4.78, 5) is 4.65. The van der Waals surface area contributed by atoms with E-state index < -0.39 is 10.0 Å². The molecule has 0 aliphatic rings. The van der Waals surface area contributed by atoms with E-state index in [1.807, 2.05) is 54.6 Å². The lowest BCUT2D eigenvalue weighted by Gasteiger charge is -2.12. The second-order valence-corrected chi connectivity index (χ2v) is 11.1. The van der Waals surface area contributed by atoms with Crippen molar-refractivity contribution in [2.24, 2.45) is 0 Å². The quantitative estimate of drug-likeness (QED) is 0.303. The second-order valence-electron chi connectivity index (χ2n) is 7.77. The van der Waals surface area contributed by atoms with Crippen molar-refractivity contribution in [1.29, 1.82) is 0 Å². The van der Waals surface area contributed by atoms with Gasteiger partial charge in [-0.2, -0.15) is 9.61 Å². The number of benzene rings is 2. The van der Waals surface area contributed by atoms with Gasteiger partial charge in [0.1, 0.15) is 17.9 Å². The van der Waals surface area contributed by atoms with Gasteiger partial charge < -0.3 is 5.32 Å². The minimum absolute atomic E-state index is 0.215. The fourth-order valence-corrected chi connectivity index (χ4v) is 5.83. The highest BCUT2D eigenvalue weighted by Gasteiger charge is 2.15. The van der Waals surface area contributed by atoms with Crippen molar-refractivity contribution in [3.05, 3.63) is 94.5 Å². The molecular formula is C24H19BClN5O2S2. The summed E-state index contributed by atoms with van der Waals surface area (Å²) < 4.78 is 29.2. The van der Waals surface area contributed by atoms with E-state index in [1.165, 1.54) is 11.3 Å². The maximum atomic E-state index is 12.3. The summed E-state index contributed by atoms with van der Waals surface area (Å²) in [6.07, 6.45) is 1.57. The normalized spacial score (nSPS) is 11.7. The van der Waals surface area contributed by atoms with E-state index in [0.29, 0.717) is 32.6 Å². The van der Waals surface area contributed by atoms with Crippen LogP contribution in [0.1, 0.15) is 11.1 Å². The first-order valence-corrected chi connectivity index (χ1v) is 13.4. The third kappa shape index (κ3) is 5.11.